The minimum atomic E-state index is 0.351. The molecule has 16 heavy (non-hydrogen) atoms. The zero-order valence-electron chi connectivity index (χ0n) is 9.20. The Bertz CT molecular complexity index is 380. The van der Waals surface area contributed by atoms with Crippen molar-refractivity contribution in [3.8, 4) is 0 Å². The smallest absolute Gasteiger partial charge is 0.0410 e. The molecule has 2 aliphatic carbocycles. The molecule has 0 aromatic heterocycles. The van der Waals surface area contributed by atoms with Crippen LogP contribution in [0.25, 0.3) is 0 Å². The van der Waals surface area contributed by atoms with E-state index in [4.69, 9.17) is 11.6 Å². The van der Waals surface area contributed by atoms with E-state index in [1.165, 1.54) is 24.8 Å². The predicted octanol–water partition coefficient (Wildman–Crippen LogP) is 4.65. The average molecular weight is 300 g/mol. The maximum Gasteiger partial charge on any atom is 0.0410 e. The first-order valence-corrected chi connectivity index (χ1v) is 7.37. The van der Waals surface area contributed by atoms with Crippen LogP contribution in [-0.4, -0.2) is 5.38 Å². The molecule has 0 aliphatic heterocycles. The maximum atomic E-state index is 6.55. The lowest BCUT2D eigenvalue weighted by molar-refractivity contribution is 0.559. The molecular formula is C14H16BrCl. The van der Waals surface area contributed by atoms with Crippen molar-refractivity contribution in [2.45, 2.75) is 31.1 Å². The molecule has 1 aromatic carbocycles. The molecule has 3 atom stereocenters. The minimum absolute atomic E-state index is 0.351. The Morgan fingerprint density at radius 2 is 2.06 bits per heavy atom. The zero-order valence-corrected chi connectivity index (χ0v) is 11.5. The average Bonchev–Trinajstić information content (AvgIpc) is 2.73. The quantitative estimate of drug-likeness (QED) is 0.713. The van der Waals surface area contributed by atoms with Crippen LogP contribution in [0.5, 0.6) is 0 Å². The third kappa shape index (κ3) is 2.04. The number of halogens is 2. The molecule has 2 heteroatoms. The molecule has 0 heterocycles. The predicted molar refractivity (Wildman–Crippen MR) is 71.8 cm³/mol. The topological polar surface area (TPSA) is 0 Å². The molecule has 0 radical (unpaired) electrons. The maximum absolute atomic E-state index is 6.55. The van der Waals surface area contributed by atoms with E-state index in [1.54, 1.807) is 0 Å². The summed E-state index contributed by atoms with van der Waals surface area (Å²) >= 11 is 10.1. The van der Waals surface area contributed by atoms with Crippen LogP contribution < -0.4 is 0 Å². The summed E-state index contributed by atoms with van der Waals surface area (Å²) in [6.45, 7) is 0. The van der Waals surface area contributed by atoms with Crippen LogP contribution in [0, 0.1) is 17.8 Å². The number of rotatable bonds is 3. The normalized spacial score (nSPS) is 33.5. The van der Waals surface area contributed by atoms with Gasteiger partial charge in [-0.25, -0.2) is 0 Å². The molecule has 3 rings (SSSR count). The van der Waals surface area contributed by atoms with E-state index >= 15 is 0 Å². The molecule has 2 aliphatic rings. The van der Waals surface area contributed by atoms with E-state index in [9.17, 15) is 0 Å². The number of alkyl halides is 1. The highest BCUT2D eigenvalue weighted by molar-refractivity contribution is 9.10. The monoisotopic (exact) mass is 298 g/mol. The molecule has 0 nitrogen and oxygen atoms in total. The van der Waals surface area contributed by atoms with Crippen molar-refractivity contribution in [1.82, 2.24) is 0 Å². The first-order chi connectivity index (χ1) is 7.75. The summed E-state index contributed by atoms with van der Waals surface area (Å²) in [4.78, 5) is 0. The Labute approximate surface area is 111 Å². The first-order valence-electron chi connectivity index (χ1n) is 6.14. The third-order valence-corrected chi connectivity index (χ3v) is 5.15. The van der Waals surface area contributed by atoms with Crippen molar-refractivity contribution in [1.29, 1.82) is 0 Å². The van der Waals surface area contributed by atoms with Gasteiger partial charge < -0.3 is 0 Å². The molecule has 3 unspecified atom stereocenters. The SMILES string of the molecule is ClC(Cc1cccc(Br)c1)C1C2CCCC21. The summed E-state index contributed by atoms with van der Waals surface area (Å²) in [7, 11) is 0. The van der Waals surface area contributed by atoms with Gasteiger partial charge in [0.2, 0.25) is 0 Å². The molecule has 2 fully saturated rings. The van der Waals surface area contributed by atoms with Crippen molar-refractivity contribution in [3.63, 3.8) is 0 Å². The van der Waals surface area contributed by atoms with Crippen molar-refractivity contribution in [2.75, 3.05) is 0 Å². The Hall–Kier alpha value is -0.0100. The van der Waals surface area contributed by atoms with Crippen LogP contribution in [-0.2, 0) is 6.42 Å². The lowest BCUT2D eigenvalue weighted by atomic mass is 10.0. The molecule has 1 aromatic rings. The molecule has 0 amide bonds. The molecule has 0 spiro atoms. The largest absolute Gasteiger partial charge is 0.122 e. The summed E-state index contributed by atoms with van der Waals surface area (Å²) in [5.74, 6) is 2.75. The van der Waals surface area contributed by atoms with E-state index in [0.717, 1.165) is 28.6 Å². The van der Waals surface area contributed by atoms with Gasteiger partial charge in [-0.15, -0.1) is 11.6 Å². The van der Waals surface area contributed by atoms with E-state index < -0.39 is 0 Å². The Balaban J connectivity index is 1.63. The summed E-state index contributed by atoms with van der Waals surface area (Å²) in [5, 5.41) is 0.351. The molecule has 0 N–H and O–H groups in total. The lowest BCUT2D eigenvalue weighted by Crippen LogP contribution is -2.09. The summed E-state index contributed by atoms with van der Waals surface area (Å²) < 4.78 is 1.16. The summed E-state index contributed by atoms with van der Waals surface area (Å²) in [5.41, 5.74) is 1.36. The highest BCUT2D eigenvalue weighted by Crippen LogP contribution is 2.60. The van der Waals surface area contributed by atoms with E-state index in [0.29, 0.717) is 5.38 Å². The molecule has 86 valence electrons. The van der Waals surface area contributed by atoms with Gasteiger partial charge in [-0.3, -0.25) is 0 Å². The van der Waals surface area contributed by atoms with Crippen LogP contribution in [0.3, 0.4) is 0 Å². The second-order valence-electron chi connectivity index (χ2n) is 5.19. The van der Waals surface area contributed by atoms with Crippen molar-refractivity contribution < 1.29 is 0 Å². The van der Waals surface area contributed by atoms with Crippen LogP contribution in [0.1, 0.15) is 24.8 Å². The second-order valence-corrected chi connectivity index (χ2v) is 6.66. The Kier molecular flexibility index (Phi) is 3.01. The fraction of sp³-hybridized carbons (Fsp3) is 0.571. The Morgan fingerprint density at radius 1 is 1.31 bits per heavy atom. The third-order valence-electron chi connectivity index (χ3n) is 4.21. The van der Waals surface area contributed by atoms with Gasteiger partial charge in [0.05, 0.1) is 0 Å². The second kappa shape index (κ2) is 4.34. The lowest BCUT2D eigenvalue weighted by Gasteiger charge is -2.11. The van der Waals surface area contributed by atoms with Crippen molar-refractivity contribution >= 4 is 27.5 Å². The highest BCUT2D eigenvalue weighted by atomic mass is 79.9. The fourth-order valence-corrected chi connectivity index (χ4v) is 4.44. The van der Waals surface area contributed by atoms with Crippen LogP contribution in [0.2, 0.25) is 0 Å². The standard InChI is InChI=1S/C14H16BrCl/c15-10-4-1-3-9(7-10)8-13(16)14-11-5-2-6-12(11)14/h1,3-4,7,11-14H,2,5-6,8H2. The molecular weight excluding hydrogens is 284 g/mol. The van der Waals surface area contributed by atoms with Crippen LogP contribution in [0.15, 0.2) is 28.7 Å². The summed E-state index contributed by atoms with van der Waals surface area (Å²) in [6.07, 6.45) is 5.32. The highest BCUT2D eigenvalue weighted by Gasteiger charge is 2.55. The summed E-state index contributed by atoms with van der Waals surface area (Å²) in [6, 6.07) is 8.53. The molecule has 2 saturated carbocycles. The fourth-order valence-electron chi connectivity index (χ4n) is 3.44. The van der Waals surface area contributed by atoms with Gasteiger partial charge in [0.15, 0.2) is 0 Å². The van der Waals surface area contributed by atoms with Gasteiger partial charge in [-0.2, -0.15) is 0 Å². The zero-order chi connectivity index (χ0) is 11.1. The van der Waals surface area contributed by atoms with Gasteiger partial charge in [-0.05, 0) is 54.7 Å². The van der Waals surface area contributed by atoms with Crippen LogP contribution in [0.4, 0.5) is 0 Å². The van der Waals surface area contributed by atoms with Gasteiger partial charge in [0.1, 0.15) is 0 Å². The van der Waals surface area contributed by atoms with E-state index in [1.807, 2.05) is 0 Å². The van der Waals surface area contributed by atoms with E-state index in [2.05, 4.69) is 40.2 Å². The number of fused-ring (bicyclic) bond motifs is 1. The van der Waals surface area contributed by atoms with Crippen LogP contribution >= 0.6 is 27.5 Å². The van der Waals surface area contributed by atoms with Gasteiger partial charge >= 0.3 is 0 Å². The number of hydrogen-bond donors (Lipinski definition) is 0. The Morgan fingerprint density at radius 3 is 2.75 bits per heavy atom. The molecule has 0 saturated heterocycles. The van der Waals surface area contributed by atoms with Crippen molar-refractivity contribution in [3.05, 3.63) is 34.3 Å². The van der Waals surface area contributed by atoms with Gasteiger partial charge in [0, 0.05) is 9.85 Å². The van der Waals surface area contributed by atoms with E-state index in [-0.39, 0.29) is 0 Å². The van der Waals surface area contributed by atoms with Gasteiger partial charge in [0.25, 0.3) is 0 Å². The van der Waals surface area contributed by atoms with Crippen molar-refractivity contribution in [2.24, 2.45) is 17.8 Å². The number of benzene rings is 1. The number of hydrogen-bond acceptors (Lipinski definition) is 0. The molecule has 0 bridgehead atoms. The minimum Gasteiger partial charge on any atom is -0.122 e. The first kappa shape index (κ1) is 11.1. The van der Waals surface area contributed by atoms with Gasteiger partial charge in [-0.1, -0.05) is 34.5 Å².